The molecule has 0 N–H and O–H groups in total. The molecule has 0 bridgehead atoms. The van der Waals surface area contributed by atoms with Gasteiger partial charge in [0.2, 0.25) is 0 Å². The van der Waals surface area contributed by atoms with Gasteiger partial charge in [0.1, 0.15) is 5.69 Å². The van der Waals surface area contributed by atoms with E-state index in [-0.39, 0.29) is 0 Å². The van der Waals surface area contributed by atoms with Gasteiger partial charge in [-0.25, -0.2) is 4.79 Å². The summed E-state index contributed by atoms with van der Waals surface area (Å²) in [7, 11) is 0. The first-order valence-electron chi connectivity index (χ1n) is 8.79. The summed E-state index contributed by atoms with van der Waals surface area (Å²) in [5.41, 5.74) is -0.579. The first-order valence-corrected chi connectivity index (χ1v) is 3.79. The fraction of sp³-hybridized carbons (Fsp3) is 0.600. The molecular formula is C10H16N2O2. The van der Waals surface area contributed by atoms with Crippen LogP contribution in [0, 0.1) is 0 Å². The average molecular weight is 206 g/mol. The maximum atomic E-state index is 12.1. The highest BCUT2D eigenvalue weighted by Gasteiger charge is 2.14. The largest absolute Gasteiger partial charge is 0.458 e. The molecule has 0 spiro atoms. The number of aromatic nitrogens is 2. The molecule has 4 nitrogen and oxygen atoms in total. The summed E-state index contributed by atoms with van der Waals surface area (Å²) in [5, 5.41) is 3.47. The lowest BCUT2D eigenvalue weighted by Gasteiger charge is -2.10. The lowest BCUT2D eigenvalue weighted by Crippen LogP contribution is -2.17. The van der Waals surface area contributed by atoms with Gasteiger partial charge in [0.05, 0.1) is 8.85 Å². The maximum Gasteiger partial charge on any atom is 0.356 e. The van der Waals surface area contributed by atoms with Crippen molar-refractivity contribution in [3.63, 3.8) is 0 Å². The summed E-state index contributed by atoms with van der Waals surface area (Å²) < 4.78 is 78.2. The molecule has 0 amide bonds. The van der Waals surface area contributed by atoms with Crippen molar-refractivity contribution in [1.29, 1.82) is 0 Å². The monoisotopic (exact) mass is 206 g/mol. The molecule has 0 saturated carbocycles. The van der Waals surface area contributed by atoms with Crippen molar-refractivity contribution in [2.24, 2.45) is 0 Å². The second-order valence-corrected chi connectivity index (χ2v) is 2.43. The zero-order valence-corrected chi connectivity index (χ0v) is 7.44. The minimum atomic E-state index is -3.13. The van der Waals surface area contributed by atoms with Crippen LogP contribution in [0.4, 0.5) is 0 Å². The van der Waals surface area contributed by atoms with Crippen molar-refractivity contribution in [3.8, 4) is 0 Å². The Morgan fingerprint density at radius 3 is 3.43 bits per heavy atom. The van der Waals surface area contributed by atoms with Gasteiger partial charge < -0.3 is 4.74 Å². The van der Waals surface area contributed by atoms with Gasteiger partial charge >= 0.3 is 5.97 Å². The van der Waals surface area contributed by atoms with E-state index >= 15 is 0 Å². The molecule has 1 aromatic heterocycles. The smallest absolute Gasteiger partial charge is 0.356 e. The fourth-order valence-electron chi connectivity index (χ4n) is 0.797. The molecule has 78 valence electrons. The predicted octanol–water partition coefficient (Wildman–Crippen LogP) is 1.86. The third-order valence-electron chi connectivity index (χ3n) is 1.44. The number of aryl methyl sites for hydroxylation is 1. The number of carbonyl (C=O) groups is 1. The van der Waals surface area contributed by atoms with Gasteiger partial charge in [0.25, 0.3) is 0 Å². The molecule has 0 saturated heterocycles. The molecule has 0 fully saturated rings. The predicted molar refractivity (Wildman–Crippen MR) is 53.1 cm³/mol. The lowest BCUT2D eigenvalue weighted by molar-refractivity contribution is 0.0320. The van der Waals surface area contributed by atoms with Gasteiger partial charge in [-0.3, -0.25) is 4.68 Å². The van der Waals surface area contributed by atoms with Crippen LogP contribution in [0.15, 0.2) is 12.3 Å². The normalized spacial score (nSPS) is 26.9. The third-order valence-corrected chi connectivity index (χ3v) is 1.44. The number of hydrogen-bond donors (Lipinski definition) is 0. The van der Waals surface area contributed by atoms with E-state index in [0.29, 0.717) is 4.68 Å². The van der Waals surface area contributed by atoms with Gasteiger partial charge in [-0.2, -0.15) is 5.10 Å². The van der Waals surface area contributed by atoms with Crippen LogP contribution in [0.3, 0.4) is 0 Å². The highest BCUT2D eigenvalue weighted by Crippen LogP contribution is 2.05. The summed E-state index contributed by atoms with van der Waals surface area (Å²) in [6.45, 7) is -8.17. The number of nitrogens with zero attached hydrogens (tertiary/aromatic N) is 2. The Hall–Kier alpha value is -1.32. The molecule has 1 rings (SSSR count). The quantitative estimate of drug-likeness (QED) is 0.706. The molecule has 0 aromatic carbocycles. The van der Waals surface area contributed by atoms with E-state index in [2.05, 4.69) is 5.10 Å². The fourth-order valence-corrected chi connectivity index (χ4v) is 0.797. The van der Waals surface area contributed by atoms with Gasteiger partial charge in [-0.1, -0.05) is 6.85 Å². The van der Waals surface area contributed by atoms with Crippen molar-refractivity contribution in [2.75, 3.05) is 0 Å². The van der Waals surface area contributed by atoms with Crippen molar-refractivity contribution in [3.05, 3.63) is 18.0 Å². The van der Waals surface area contributed by atoms with Crippen LogP contribution in [-0.2, 0) is 11.2 Å². The van der Waals surface area contributed by atoms with E-state index in [0.717, 1.165) is 19.2 Å². The number of ether oxygens (including phenoxy) is 1. The molecule has 1 aromatic rings. The highest BCUT2D eigenvalue weighted by atomic mass is 16.5. The molecule has 4 heteroatoms. The SMILES string of the molecule is [2H]C([2H])([2H])C([2H])([2H])C(C)OC(=O)c1ccnn1C([2H])([2H])C([2H])([2H])[2H]. The van der Waals surface area contributed by atoms with Crippen molar-refractivity contribution in [1.82, 2.24) is 9.78 Å². The molecule has 1 heterocycles. The summed E-state index contributed by atoms with van der Waals surface area (Å²) >= 11 is 0. The van der Waals surface area contributed by atoms with Crippen LogP contribution in [0.5, 0.6) is 0 Å². The van der Waals surface area contributed by atoms with E-state index in [4.69, 9.17) is 18.4 Å². The molecule has 1 atom stereocenters. The van der Waals surface area contributed by atoms with Crippen molar-refractivity contribution < 1.29 is 23.2 Å². The molecule has 0 aliphatic carbocycles. The minimum absolute atomic E-state index is 0.306. The Kier molecular flexibility index (Phi) is 1.15. The van der Waals surface area contributed by atoms with Gasteiger partial charge in [0.15, 0.2) is 0 Å². The lowest BCUT2D eigenvalue weighted by atomic mass is 10.3. The molecule has 0 aliphatic heterocycles. The topological polar surface area (TPSA) is 44.1 Å². The van der Waals surface area contributed by atoms with Gasteiger partial charge in [-0.05, 0) is 26.2 Å². The Labute approximate surface area is 97.9 Å². The highest BCUT2D eigenvalue weighted by molar-refractivity contribution is 5.87. The Morgan fingerprint density at radius 2 is 2.71 bits per heavy atom. The van der Waals surface area contributed by atoms with Crippen LogP contribution < -0.4 is 0 Å². The van der Waals surface area contributed by atoms with E-state index in [1.807, 2.05) is 0 Å². The zero-order valence-electron chi connectivity index (χ0n) is 17.4. The van der Waals surface area contributed by atoms with Gasteiger partial charge in [0, 0.05) is 23.7 Å². The van der Waals surface area contributed by atoms with Crippen molar-refractivity contribution in [2.45, 2.75) is 39.6 Å². The number of rotatable bonds is 4. The molecular weight excluding hydrogens is 180 g/mol. The van der Waals surface area contributed by atoms with E-state index in [1.165, 1.54) is 0 Å². The number of esters is 1. The summed E-state index contributed by atoms with van der Waals surface area (Å²) in [6, 6.07) is 0.990. The summed E-state index contributed by atoms with van der Waals surface area (Å²) in [5.74, 6) is -1.29. The van der Waals surface area contributed by atoms with Crippen LogP contribution >= 0.6 is 0 Å². The van der Waals surface area contributed by atoms with E-state index < -0.39 is 44.3 Å². The van der Waals surface area contributed by atoms with Crippen LogP contribution in [0.2, 0.25) is 0 Å². The van der Waals surface area contributed by atoms with Crippen molar-refractivity contribution >= 4 is 5.97 Å². The van der Waals surface area contributed by atoms with E-state index in [1.54, 1.807) is 0 Å². The van der Waals surface area contributed by atoms with Gasteiger partial charge in [-0.15, -0.1) is 0 Å². The molecule has 14 heavy (non-hydrogen) atoms. The second-order valence-electron chi connectivity index (χ2n) is 2.43. The second kappa shape index (κ2) is 4.79. The standard InChI is InChI=1S/C10H16N2O2/c1-4-8(3)14-10(13)9-6-7-11-12(9)5-2/h6-8H,4-5H2,1-3H3/i1D3,2D3,4D2,5D2. The first-order chi connectivity index (χ1) is 10.5. The third kappa shape index (κ3) is 2.34. The average Bonchev–Trinajstić information content (AvgIpc) is 2.85. The number of hydrogen-bond acceptors (Lipinski definition) is 3. The first kappa shape index (κ1) is 3.36. The van der Waals surface area contributed by atoms with Crippen LogP contribution in [0.1, 0.15) is 51.2 Å². The molecule has 0 aliphatic rings. The molecule has 0 radical (unpaired) electrons. The Morgan fingerprint density at radius 1 is 1.86 bits per heavy atom. The maximum absolute atomic E-state index is 12.1. The number of carbonyl (C=O) groups excluding carboxylic acids is 1. The van der Waals surface area contributed by atoms with Crippen LogP contribution in [-0.4, -0.2) is 21.9 Å². The minimum Gasteiger partial charge on any atom is -0.458 e. The summed E-state index contributed by atoms with van der Waals surface area (Å²) in [4.78, 5) is 12.1. The van der Waals surface area contributed by atoms with Crippen LogP contribution in [0.25, 0.3) is 0 Å². The molecule has 1 unspecified atom stereocenters. The Bertz CT molecular complexity index is 604. The zero-order chi connectivity index (χ0) is 19.1. The summed E-state index contributed by atoms with van der Waals surface area (Å²) in [6.07, 6.45) is -3.57. The van der Waals surface area contributed by atoms with E-state index in [9.17, 15) is 4.79 Å². The Balaban J connectivity index is 3.11.